The molecule has 1 aromatic rings. The smallest absolute Gasteiger partial charge is 0.481 e. The molecule has 0 amide bonds. The molecule has 1 heterocycles. The van der Waals surface area contributed by atoms with E-state index in [0.717, 1.165) is 7.11 Å². The van der Waals surface area contributed by atoms with Crippen molar-refractivity contribution in [2.45, 2.75) is 26.1 Å². The van der Waals surface area contributed by atoms with Crippen LogP contribution in [-0.4, -0.2) is 31.0 Å². The van der Waals surface area contributed by atoms with Gasteiger partial charge in [0.15, 0.2) is 11.4 Å². The summed E-state index contributed by atoms with van der Waals surface area (Å²) in [6, 6.07) is 0.637. The molecule has 124 valence electrons. The van der Waals surface area contributed by atoms with Gasteiger partial charge in [0.05, 0.1) is 20.1 Å². The van der Waals surface area contributed by atoms with Gasteiger partial charge >= 0.3 is 12.3 Å². The van der Waals surface area contributed by atoms with Crippen molar-refractivity contribution in [3.05, 3.63) is 17.3 Å². The van der Waals surface area contributed by atoms with E-state index in [1.54, 1.807) is 0 Å². The minimum atomic E-state index is -5.18. The molecular formula is C12H12F5NO4. The molecule has 5 nitrogen and oxygen atoms in total. The highest BCUT2D eigenvalue weighted by Gasteiger charge is 2.34. The molecule has 0 aliphatic rings. The van der Waals surface area contributed by atoms with Crippen molar-refractivity contribution in [2.24, 2.45) is 0 Å². The maximum absolute atomic E-state index is 12.8. The van der Waals surface area contributed by atoms with Gasteiger partial charge in [-0.15, -0.1) is 13.2 Å². The van der Waals surface area contributed by atoms with Crippen LogP contribution in [0.4, 0.5) is 22.0 Å². The number of rotatable bonds is 6. The van der Waals surface area contributed by atoms with Gasteiger partial charge in [-0.3, -0.25) is 4.79 Å². The average Bonchev–Trinajstić information content (AvgIpc) is 2.36. The van der Waals surface area contributed by atoms with Gasteiger partial charge in [0.25, 0.3) is 6.43 Å². The summed E-state index contributed by atoms with van der Waals surface area (Å²) < 4.78 is 75.2. The van der Waals surface area contributed by atoms with E-state index in [1.807, 2.05) is 0 Å². The van der Waals surface area contributed by atoms with Crippen LogP contribution in [0.25, 0.3) is 0 Å². The lowest BCUT2D eigenvalue weighted by Crippen LogP contribution is -2.19. The molecule has 0 bridgehead atoms. The second-order valence-corrected chi connectivity index (χ2v) is 3.87. The molecule has 0 aliphatic carbocycles. The first-order chi connectivity index (χ1) is 10.2. The summed E-state index contributed by atoms with van der Waals surface area (Å²) in [7, 11) is 1.08. The Labute approximate surface area is 122 Å². The molecule has 1 aromatic heterocycles. The van der Waals surface area contributed by atoms with Crippen LogP contribution < -0.4 is 9.47 Å². The number of esters is 1. The Hall–Kier alpha value is -2.13. The third kappa shape index (κ3) is 5.01. The largest absolute Gasteiger partial charge is 0.573 e. The van der Waals surface area contributed by atoms with E-state index in [-0.39, 0.29) is 12.2 Å². The molecule has 0 unspecified atom stereocenters. The van der Waals surface area contributed by atoms with Crippen LogP contribution in [0, 0.1) is 0 Å². The molecule has 0 aromatic carbocycles. The van der Waals surface area contributed by atoms with E-state index in [2.05, 4.69) is 14.5 Å². The maximum Gasteiger partial charge on any atom is 0.573 e. The summed E-state index contributed by atoms with van der Waals surface area (Å²) in [5.74, 6) is -2.37. The molecule has 0 saturated heterocycles. The number of hydrogen-bond donors (Lipinski definition) is 0. The zero-order valence-corrected chi connectivity index (χ0v) is 11.5. The molecule has 1 rings (SSSR count). The van der Waals surface area contributed by atoms with E-state index in [0.29, 0.717) is 6.07 Å². The van der Waals surface area contributed by atoms with E-state index < -0.39 is 42.5 Å². The van der Waals surface area contributed by atoms with Gasteiger partial charge in [0, 0.05) is 5.56 Å². The lowest BCUT2D eigenvalue weighted by Gasteiger charge is -2.15. The monoisotopic (exact) mass is 329 g/mol. The van der Waals surface area contributed by atoms with Crippen LogP contribution in [0.2, 0.25) is 0 Å². The number of carbonyl (C=O) groups excluding carboxylic acids is 1. The number of ether oxygens (including phenoxy) is 3. The van der Waals surface area contributed by atoms with Gasteiger partial charge in [-0.2, -0.15) is 0 Å². The van der Waals surface area contributed by atoms with Crippen molar-refractivity contribution in [2.75, 3.05) is 13.7 Å². The fourth-order valence-electron chi connectivity index (χ4n) is 1.56. The second kappa shape index (κ2) is 7.23. The standard InChI is InChI=1S/C12H12F5NO4/c1-3-21-8(19)5-6-4-7(22-12(15,16)17)9(10(13)14)18-11(6)20-2/h4,10H,3,5H2,1-2H3. The molecule has 0 aliphatic heterocycles. The number of methoxy groups -OCH3 is 1. The van der Waals surface area contributed by atoms with E-state index in [1.165, 1.54) is 6.92 Å². The number of nitrogens with zero attached hydrogens (tertiary/aromatic N) is 1. The summed E-state index contributed by atoms with van der Waals surface area (Å²) in [4.78, 5) is 14.7. The normalized spacial score (nSPS) is 11.5. The first-order valence-electron chi connectivity index (χ1n) is 5.95. The Morgan fingerprint density at radius 3 is 2.45 bits per heavy atom. The van der Waals surface area contributed by atoms with Crippen molar-refractivity contribution < 1.29 is 41.0 Å². The van der Waals surface area contributed by atoms with Crippen LogP contribution in [0.15, 0.2) is 6.07 Å². The SMILES string of the molecule is CCOC(=O)Cc1cc(OC(F)(F)F)c(C(F)F)nc1OC. The molecule has 0 spiro atoms. The third-order valence-corrected chi connectivity index (χ3v) is 2.32. The van der Waals surface area contributed by atoms with Gasteiger partial charge in [-0.1, -0.05) is 0 Å². The second-order valence-electron chi connectivity index (χ2n) is 3.87. The fraction of sp³-hybridized carbons (Fsp3) is 0.500. The molecular weight excluding hydrogens is 317 g/mol. The number of alkyl halides is 5. The summed E-state index contributed by atoms with van der Waals surface area (Å²) in [5.41, 5.74) is -1.40. The summed E-state index contributed by atoms with van der Waals surface area (Å²) in [6.45, 7) is 1.58. The van der Waals surface area contributed by atoms with Crippen molar-refractivity contribution in [3.63, 3.8) is 0 Å². The summed E-state index contributed by atoms with van der Waals surface area (Å²) in [5, 5.41) is 0. The van der Waals surface area contributed by atoms with Crippen molar-refractivity contribution in [3.8, 4) is 11.6 Å². The van der Waals surface area contributed by atoms with Crippen LogP contribution >= 0.6 is 0 Å². The van der Waals surface area contributed by atoms with Crippen LogP contribution in [-0.2, 0) is 16.0 Å². The topological polar surface area (TPSA) is 57.7 Å². The highest BCUT2D eigenvalue weighted by Crippen LogP contribution is 2.35. The lowest BCUT2D eigenvalue weighted by atomic mass is 10.1. The first-order valence-corrected chi connectivity index (χ1v) is 5.95. The maximum atomic E-state index is 12.8. The minimum Gasteiger partial charge on any atom is -0.481 e. The predicted octanol–water partition coefficient (Wildman–Crippen LogP) is 3.03. The fourth-order valence-corrected chi connectivity index (χ4v) is 1.56. The van der Waals surface area contributed by atoms with Crippen LogP contribution in [0.3, 0.4) is 0 Å². The Balaban J connectivity index is 3.26. The van der Waals surface area contributed by atoms with E-state index >= 15 is 0 Å². The number of pyridine rings is 1. The molecule has 0 N–H and O–H groups in total. The van der Waals surface area contributed by atoms with Gasteiger partial charge < -0.3 is 14.2 Å². The average molecular weight is 329 g/mol. The Bertz CT molecular complexity index is 533. The quantitative estimate of drug-likeness (QED) is 0.593. The zero-order valence-electron chi connectivity index (χ0n) is 11.5. The van der Waals surface area contributed by atoms with Gasteiger partial charge in [-0.05, 0) is 13.0 Å². The van der Waals surface area contributed by atoms with Crippen molar-refractivity contribution >= 4 is 5.97 Å². The molecule has 0 saturated carbocycles. The predicted molar refractivity (Wildman–Crippen MR) is 62.8 cm³/mol. The number of aromatic nitrogens is 1. The van der Waals surface area contributed by atoms with Crippen molar-refractivity contribution in [1.82, 2.24) is 4.98 Å². The summed E-state index contributed by atoms with van der Waals surface area (Å²) >= 11 is 0. The highest BCUT2D eigenvalue weighted by molar-refractivity contribution is 5.73. The molecule has 22 heavy (non-hydrogen) atoms. The molecule has 0 fully saturated rings. The van der Waals surface area contributed by atoms with E-state index in [4.69, 9.17) is 4.74 Å². The highest BCUT2D eigenvalue weighted by atomic mass is 19.4. The van der Waals surface area contributed by atoms with Gasteiger partial charge in [0.1, 0.15) is 0 Å². The third-order valence-electron chi connectivity index (χ3n) is 2.32. The molecule has 0 radical (unpaired) electrons. The Kier molecular flexibility index (Phi) is 5.89. The number of carbonyl (C=O) groups is 1. The van der Waals surface area contributed by atoms with E-state index in [9.17, 15) is 26.7 Å². The van der Waals surface area contributed by atoms with Gasteiger partial charge in [0.2, 0.25) is 5.88 Å². The molecule has 0 atom stereocenters. The van der Waals surface area contributed by atoms with Crippen LogP contribution in [0.5, 0.6) is 11.6 Å². The molecule has 10 heteroatoms. The first kappa shape index (κ1) is 17.9. The van der Waals surface area contributed by atoms with Crippen LogP contribution in [0.1, 0.15) is 24.6 Å². The Morgan fingerprint density at radius 1 is 1.36 bits per heavy atom. The lowest BCUT2D eigenvalue weighted by molar-refractivity contribution is -0.275. The Morgan fingerprint density at radius 2 is 2.00 bits per heavy atom. The van der Waals surface area contributed by atoms with Gasteiger partial charge in [-0.25, -0.2) is 13.8 Å². The summed E-state index contributed by atoms with van der Waals surface area (Å²) in [6.07, 6.45) is -8.99. The van der Waals surface area contributed by atoms with Crippen molar-refractivity contribution in [1.29, 1.82) is 0 Å². The minimum absolute atomic E-state index is 0.0512. The number of halogens is 5. The number of hydrogen-bond acceptors (Lipinski definition) is 5. The zero-order chi connectivity index (χ0) is 16.9.